The minimum absolute atomic E-state index is 0.885. The molecule has 0 atom stereocenters. The van der Waals surface area contributed by atoms with Gasteiger partial charge in [0, 0.05) is 17.8 Å². The van der Waals surface area contributed by atoms with E-state index in [1.54, 1.807) is 7.11 Å². The monoisotopic (exact) mass is 400 g/mol. The predicted molar refractivity (Wildman–Crippen MR) is 121 cm³/mol. The van der Waals surface area contributed by atoms with Gasteiger partial charge in [-0.1, -0.05) is 42.0 Å². The minimum atomic E-state index is 0.885. The van der Waals surface area contributed by atoms with E-state index in [-0.39, 0.29) is 0 Å². The van der Waals surface area contributed by atoms with Crippen molar-refractivity contribution in [3.63, 3.8) is 0 Å². The van der Waals surface area contributed by atoms with Gasteiger partial charge in [-0.15, -0.1) is 10.2 Å². The molecule has 154 valence electrons. The van der Waals surface area contributed by atoms with Crippen molar-refractivity contribution in [1.29, 1.82) is 0 Å². The molecule has 2 aromatic heterocycles. The second-order valence-electron chi connectivity index (χ2n) is 8.01. The Kier molecular flexibility index (Phi) is 5.81. The lowest BCUT2D eigenvalue weighted by molar-refractivity contribution is 0.402. The molecular weight excluding hydrogens is 372 g/mol. The first-order valence-corrected chi connectivity index (χ1v) is 10.2. The maximum atomic E-state index is 5.54. The average Bonchev–Trinajstić information content (AvgIpc) is 3.22. The smallest absolute Gasteiger partial charge is 0.168 e. The molecule has 0 bridgehead atoms. The van der Waals surface area contributed by atoms with Gasteiger partial charge in [-0.2, -0.15) is 0 Å². The van der Waals surface area contributed by atoms with Gasteiger partial charge < -0.3 is 9.64 Å². The zero-order valence-electron chi connectivity index (χ0n) is 18.1. The van der Waals surface area contributed by atoms with Gasteiger partial charge in [-0.05, 0) is 68.8 Å². The number of pyridine rings is 1. The summed E-state index contributed by atoms with van der Waals surface area (Å²) >= 11 is 0. The van der Waals surface area contributed by atoms with Crippen molar-refractivity contribution in [2.45, 2.75) is 26.3 Å². The number of benzene rings is 2. The molecule has 0 radical (unpaired) electrons. The molecule has 0 amide bonds. The van der Waals surface area contributed by atoms with Crippen LogP contribution in [0, 0.1) is 6.92 Å². The van der Waals surface area contributed by atoms with E-state index in [0.29, 0.717) is 0 Å². The quantitative estimate of drug-likeness (QED) is 0.456. The molecule has 2 heterocycles. The Hall–Kier alpha value is -3.18. The first-order chi connectivity index (χ1) is 14.5. The molecule has 2 aromatic carbocycles. The summed E-state index contributed by atoms with van der Waals surface area (Å²) in [4.78, 5) is 2.17. The average molecular weight is 401 g/mol. The van der Waals surface area contributed by atoms with Crippen LogP contribution in [-0.4, -0.2) is 40.7 Å². The van der Waals surface area contributed by atoms with Crippen LogP contribution in [-0.2, 0) is 19.4 Å². The van der Waals surface area contributed by atoms with Crippen molar-refractivity contribution >= 4 is 5.65 Å². The molecule has 4 rings (SSSR count). The van der Waals surface area contributed by atoms with Crippen LogP contribution >= 0.6 is 0 Å². The molecule has 0 N–H and O–H groups in total. The fraction of sp³-hybridized carbons (Fsp3) is 0.280. The number of nitrogens with zero attached hydrogens (tertiary/aromatic N) is 4. The highest BCUT2D eigenvalue weighted by molar-refractivity contribution is 5.77. The van der Waals surface area contributed by atoms with Gasteiger partial charge in [-0.3, -0.25) is 4.40 Å². The number of methoxy groups -OCH3 is 1. The third kappa shape index (κ3) is 4.21. The van der Waals surface area contributed by atoms with Crippen molar-refractivity contribution in [3.05, 3.63) is 83.3 Å². The molecular formula is C25H28N4O. The van der Waals surface area contributed by atoms with Crippen LogP contribution < -0.4 is 4.74 Å². The van der Waals surface area contributed by atoms with E-state index in [2.05, 4.69) is 89.0 Å². The summed E-state index contributed by atoms with van der Waals surface area (Å²) in [7, 11) is 5.89. The normalized spacial score (nSPS) is 11.4. The summed E-state index contributed by atoms with van der Waals surface area (Å²) in [5, 5.41) is 8.60. The Bertz CT molecular complexity index is 1150. The van der Waals surface area contributed by atoms with Gasteiger partial charge in [0.25, 0.3) is 0 Å². The maximum absolute atomic E-state index is 5.54. The van der Waals surface area contributed by atoms with E-state index in [1.807, 2.05) is 12.4 Å². The van der Waals surface area contributed by atoms with Crippen molar-refractivity contribution < 1.29 is 4.74 Å². The van der Waals surface area contributed by atoms with Gasteiger partial charge in [-0.25, -0.2) is 0 Å². The largest absolute Gasteiger partial charge is 0.496 e. The third-order valence-electron chi connectivity index (χ3n) is 5.39. The van der Waals surface area contributed by atoms with Crippen LogP contribution in [0.25, 0.3) is 16.8 Å². The van der Waals surface area contributed by atoms with E-state index in [0.717, 1.165) is 41.9 Å². The number of hydrogen-bond donors (Lipinski definition) is 0. The van der Waals surface area contributed by atoms with Gasteiger partial charge in [0.05, 0.1) is 7.11 Å². The fourth-order valence-electron chi connectivity index (χ4n) is 3.91. The van der Waals surface area contributed by atoms with Crippen molar-refractivity contribution in [2.75, 3.05) is 21.2 Å². The summed E-state index contributed by atoms with van der Waals surface area (Å²) < 4.78 is 7.64. The highest BCUT2D eigenvalue weighted by Gasteiger charge is 2.11. The third-order valence-corrected chi connectivity index (χ3v) is 5.39. The van der Waals surface area contributed by atoms with Crippen LogP contribution in [0.3, 0.4) is 0 Å². The molecule has 0 aliphatic heterocycles. The lowest BCUT2D eigenvalue weighted by Gasteiger charge is -2.12. The Morgan fingerprint density at radius 3 is 2.50 bits per heavy atom. The van der Waals surface area contributed by atoms with E-state index in [1.165, 1.54) is 22.4 Å². The molecule has 0 spiro atoms. The van der Waals surface area contributed by atoms with Crippen molar-refractivity contribution in [3.8, 4) is 16.9 Å². The number of aromatic nitrogens is 3. The van der Waals surface area contributed by atoms with Gasteiger partial charge >= 0.3 is 0 Å². The molecule has 5 heteroatoms. The summed E-state index contributed by atoms with van der Waals surface area (Å²) in [5.41, 5.74) is 8.09. The molecule has 0 saturated heterocycles. The summed E-state index contributed by atoms with van der Waals surface area (Å²) in [5.74, 6) is 0.940. The zero-order valence-corrected chi connectivity index (χ0v) is 18.1. The highest BCUT2D eigenvalue weighted by atomic mass is 16.5. The molecule has 4 aromatic rings. The molecule has 0 unspecified atom stereocenters. The predicted octanol–water partition coefficient (Wildman–Crippen LogP) is 4.56. The van der Waals surface area contributed by atoms with Crippen molar-refractivity contribution in [1.82, 2.24) is 19.5 Å². The van der Waals surface area contributed by atoms with E-state index >= 15 is 0 Å². The van der Waals surface area contributed by atoms with E-state index in [9.17, 15) is 0 Å². The number of rotatable bonds is 7. The zero-order chi connectivity index (χ0) is 21.1. The number of ether oxygens (including phenoxy) is 1. The molecule has 0 aliphatic carbocycles. The molecule has 0 fully saturated rings. The molecule has 5 nitrogen and oxygen atoms in total. The van der Waals surface area contributed by atoms with Gasteiger partial charge in [0.15, 0.2) is 5.65 Å². The second-order valence-corrected chi connectivity index (χ2v) is 8.01. The Balaban J connectivity index is 1.61. The van der Waals surface area contributed by atoms with Crippen LogP contribution in [0.15, 0.2) is 60.9 Å². The molecule has 0 saturated carbocycles. The SMILES string of the molecule is COc1ccc(C)cc1CCc1ccc(-c2ccc(CN(C)C)cc2)c2nncn12. The number of hydrogen-bond acceptors (Lipinski definition) is 4. The van der Waals surface area contributed by atoms with Crippen LogP contribution in [0.4, 0.5) is 0 Å². The lowest BCUT2D eigenvalue weighted by atomic mass is 10.0. The minimum Gasteiger partial charge on any atom is -0.496 e. The highest BCUT2D eigenvalue weighted by Crippen LogP contribution is 2.26. The van der Waals surface area contributed by atoms with E-state index in [4.69, 9.17) is 4.74 Å². The topological polar surface area (TPSA) is 42.7 Å². The Morgan fingerprint density at radius 2 is 1.77 bits per heavy atom. The number of fused-ring (bicyclic) bond motifs is 1. The maximum Gasteiger partial charge on any atom is 0.168 e. The second kappa shape index (κ2) is 8.67. The van der Waals surface area contributed by atoms with Gasteiger partial charge in [0.2, 0.25) is 0 Å². The van der Waals surface area contributed by atoms with Crippen LogP contribution in [0.5, 0.6) is 5.75 Å². The lowest BCUT2D eigenvalue weighted by Crippen LogP contribution is -2.10. The van der Waals surface area contributed by atoms with Crippen LogP contribution in [0.2, 0.25) is 0 Å². The summed E-state index contributed by atoms with van der Waals surface area (Å²) in [6.07, 6.45) is 3.59. The molecule has 0 aliphatic rings. The van der Waals surface area contributed by atoms with E-state index < -0.39 is 0 Å². The Labute approximate surface area is 177 Å². The first kappa shape index (κ1) is 20.1. The number of aryl methyl sites for hydroxylation is 3. The van der Waals surface area contributed by atoms with Crippen molar-refractivity contribution in [2.24, 2.45) is 0 Å². The van der Waals surface area contributed by atoms with Crippen LogP contribution in [0.1, 0.15) is 22.4 Å². The fourth-order valence-corrected chi connectivity index (χ4v) is 3.91. The summed E-state index contributed by atoms with van der Waals surface area (Å²) in [6.45, 7) is 3.04. The van der Waals surface area contributed by atoms with Gasteiger partial charge in [0.1, 0.15) is 12.1 Å². The first-order valence-electron chi connectivity index (χ1n) is 10.2. The standard InChI is InChI=1S/C25H28N4O/c1-18-5-14-24(30-4)21(15-18)10-11-22-12-13-23(25-27-26-17-29(22)25)20-8-6-19(7-9-20)16-28(2)3/h5-9,12-15,17H,10-11,16H2,1-4H3. The molecule has 30 heavy (non-hydrogen) atoms. The summed E-state index contributed by atoms with van der Waals surface area (Å²) in [6, 6.07) is 19.4. The Morgan fingerprint density at radius 1 is 0.967 bits per heavy atom.